The van der Waals surface area contributed by atoms with Gasteiger partial charge in [0.2, 0.25) is 0 Å². The summed E-state index contributed by atoms with van der Waals surface area (Å²) in [6.45, 7) is 0.909. The quantitative estimate of drug-likeness (QED) is 0.494. The van der Waals surface area contributed by atoms with Gasteiger partial charge in [-0.05, 0) is 19.3 Å². The molecule has 0 aliphatic rings. The normalized spacial score (nSPS) is 10.2. The predicted octanol–water partition coefficient (Wildman–Crippen LogP) is -0.0734. The minimum absolute atomic E-state index is 0.111. The number of aromatic amines is 1. The molecule has 0 unspecified atom stereocenters. The summed E-state index contributed by atoms with van der Waals surface area (Å²) in [5, 5.41) is 11.5. The summed E-state index contributed by atoms with van der Waals surface area (Å²) in [6.07, 6.45) is 3.95. The van der Waals surface area contributed by atoms with E-state index in [0.29, 0.717) is 12.4 Å². The Morgan fingerprint density at radius 1 is 1.47 bits per heavy atom. The highest BCUT2D eigenvalue weighted by molar-refractivity contribution is 5.58. The van der Waals surface area contributed by atoms with Crippen LogP contribution in [0.5, 0.6) is 0 Å². The Morgan fingerprint density at radius 3 is 3.00 bits per heavy atom. The average molecular weight is 212 g/mol. The molecule has 84 valence electrons. The zero-order chi connectivity index (χ0) is 11.1. The van der Waals surface area contributed by atoms with Crippen LogP contribution < -0.4 is 16.6 Å². The van der Waals surface area contributed by atoms with E-state index in [9.17, 15) is 4.79 Å². The fourth-order valence-electron chi connectivity index (χ4n) is 1.17. The number of hydrogen-bond acceptors (Lipinski definition) is 5. The first kappa shape index (κ1) is 11.5. The molecule has 0 aromatic carbocycles. The number of nitrogen functional groups attached to an aromatic ring is 1. The van der Waals surface area contributed by atoms with Crippen LogP contribution in [0.4, 0.5) is 11.5 Å². The Kier molecular flexibility index (Phi) is 4.62. The molecule has 15 heavy (non-hydrogen) atoms. The monoisotopic (exact) mass is 212 g/mol. The van der Waals surface area contributed by atoms with Crippen molar-refractivity contribution in [1.82, 2.24) is 9.97 Å². The highest BCUT2D eigenvalue weighted by Gasteiger charge is 2.02. The maximum absolute atomic E-state index is 11.1. The highest BCUT2D eigenvalue weighted by atomic mass is 16.2. The van der Waals surface area contributed by atoms with Crippen LogP contribution >= 0.6 is 0 Å². The second-order valence-electron chi connectivity index (χ2n) is 3.20. The average Bonchev–Trinajstić information content (AvgIpc) is 2.24. The minimum atomic E-state index is -0.331. The number of nitrogens with one attached hydrogen (secondary N) is 2. The maximum atomic E-state index is 11.1. The van der Waals surface area contributed by atoms with Gasteiger partial charge in [0.05, 0.1) is 6.33 Å². The largest absolute Gasteiger partial charge is 0.396 e. The van der Waals surface area contributed by atoms with E-state index < -0.39 is 0 Å². The fourth-order valence-corrected chi connectivity index (χ4v) is 1.17. The minimum Gasteiger partial charge on any atom is -0.396 e. The standard InChI is InChI=1S/C9H16N4O2/c10-7-8(12-6-13-9(7)15)11-4-2-1-3-5-14/h6,14H,1-5,10H2,(H2,11,12,13,15). The summed E-state index contributed by atoms with van der Waals surface area (Å²) in [5.41, 5.74) is 5.29. The van der Waals surface area contributed by atoms with Gasteiger partial charge in [0.1, 0.15) is 5.69 Å². The van der Waals surface area contributed by atoms with Crippen LogP contribution in [0.25, 0.3) is 0 Å². The third-order valence-electron chi connectivity index (χ3n) is 2.02. The van der Waals surface area contributed by atoms with Crippen LogP contribution in [0.15, 0.2) is 11.1 Å². The second kappa shape index (κ2) is 6.02. The molecule has 0 atom stereocenters. The molecule has 1 aromatic heterocycles. The zero-order valence-corrected chi connectivity index (χ0v) is 8.49. The summed E-state index contributed by atoms with van der Waals surface area (Å²) < 4.78 is 0. The lowest BCUT2D eigenvalue weighted by atomic mass is 10.2. The Hall–Kier alpha value is -1.56. The molecule has 0 saturated heterocycles. The number of aliphatic hydroxyl groups excluding tert-OH is 1. The molecule has 6 nitrogen and oxygen atoms in total. The first-order valence-corrected chi connectivity index (χ1v) is 4.93. The lowest BCUT2D eigenvalue weighted by molar-refractivity contribution is 0.283. The van der Waals surface area contributed by atoms with Gasteiger partial charge in [-0.3, -0.25) is 4.79 Å². The van der Waals surface area contributed by atoms with Crippen molar-refractivity contribution in [2.45, 2.75) is 19.3 Å². The topological polar surface area (TPSA) is 104 Å². The molecule has 0 saturated carbocycles. The number of aliphatic hydroxyl groups is 1. The van der Waals surface area contributed by atoms with Gasteiger partial charge in [0.15, 0.2) is 5.82 Å². The third-order valence-corrected chi connectivity index (χ3v) is 2.02. The molecule has 0 fully saturated rings. The summed E-state index contributed by atoms with van der Waals surface area (Å²) in [6, 6.07) is 0. The van der Waals surface area contributed by atoms with Crippen molar-refractivity contribution in [3.05, 3.63) is 16.7 Å². The van der Waals surface area contributed by atoms with Crippen molar-refractivity contribution in [1.29, 1.82) is 0 Å². The first-order valence-electron chi connectivity index (χ1n) is 4.93. The van der Waals surface area contributed by atoms with Crippen LogP contribution in [-0.4, -0.2) is 28.2 Å². The second-order valence-corrected chi connectivity index (χ2v) is 3.20. The molecule has 0 spiro atoms. The number of nitrogens with two attached hydrogens (primary N) is 1. The number of unbranched alkanes of at least 4 members (excludes halogenated alkanes) is 2. The molecule has 5 N–H and O–H groups in total. The van der Waals surface area contributed by atoms with Gasteiger partial charge >= 0.3 is 0 Å². The molecule has 1 heterocycles. The zero-order valence-electron chi connectivity index (χ0n) is 8.49. The van der Waals surface area contributed by atoms with E-state index in [1.165, 1.54) is 6.33 Å². The van der Waals surface area contributed by atoms with E-state index in [4.69, 9.17) is 10.8 Å². The fraction of sp³-hybridized carbons (Fsp3) is 0.556. The van der Waals surface area contributed by atoms with E-state index in [0.717, 1.165) is 19.3 Å². The smallest absolute Gasteiger partial charge is 0.276 e. The van der Waals surface area contributed by atoms with Crippen molar-refractivity contribution in [2.24, 2.45) is 0 Å². The van der Waals surface area contributed by atoms with Crippen LogP contribution in [0.3, 0.4) is 0 Å². The molecule has 0 aliphatic carbocycles. The van der Waals surface area contributed by atoms with Crippen molar-refractivity contribution >= 4 is 11.5 Å². The Bertz CT molecular complexity index is 350. The van der Waals surface area contributed by atoms with Gasteiger partial charge in [-0.1, -0.05) is 0 Å². The lowest BCUT2D eigenvalue weighted by Gasteiger charge is -2.06. The molecule has 1 rings (SSSR count). The Morgan fingerprint density at radius 2 is 2.27 bits per heavy atom. The highest BCUT2D eigenvalue weighted by Crippen LogP contribution is 2.07. The van der Waals surface area contributed by atoms with E-state index in [2.05, 4.69) is 15.3 Å². The lowest BCUT2D eigenvalue weighted by Crippen LogP contribution is -2.16. The number of H-pyrrole nitrogens is 1. The molecular formula is C9H16N4O2. The van der Waals surface area contributed by atoms with E-state index in [1.807, 2.05) is 0 Å². The van der Waals surface area contributed by atoms with Gasteiger partial charge in [-0.15, -0.1) is 0 Å². The number of aromatic nitrogens is 2. The molecule has 0 aliphatic heterocycles. The van der Waals surface area contributed by atoms with Gasteiger partial charge < -0.3 is 21.1 Å². The molecule has 0 amide bonds. The third kappa shape index (κ3) is 3.59. The van der Waals surface area contributed by atoms with Gasteiger partial charge in [0, 0.05) is 13.2 Å². The summed E-state index contributed by atoms with van der Waals surface area (Å²) >= 11 is 0. The molecule has 0 radical (unpaired) electrons. The van der Waals surface area contributed by atoms with Crippen molar-refractivity contribution in [3.8, 4) is 0 Å². The summed E-state index contributed by atoms with van der Waals surface area (Å²) in [7, 11) is 0. The van der Waals surface area contributed by atoms with Crippen molar-refractivity contribution in [3.63, 3.8) is 0 Å². The maximum Gasteiger partial charge on any atom is 0.276 e. The Labute approximate surface area is 87.5 Å². The molecular weight excluding hydrogens is 196 g/mol. The first-order chi connectivity index (χ1) is 7.25. The van der Waals surface area contributed by atoms with Crippen LogP contribution in [-0.2, 0) is 0 Å². The van der Waals surface area contributed by atoms with Gasteiger partial charge in [-0.2, -0.15) is 0 Å². The molecule has 1 aromatic rings. The number of hydrogen-bond donors (Lipinski definition) is 4. The van der Waals surface area contributed by atoms with Crippen LogP contribution in [0, 0.1) is 0 Å². The number of anilines is 2. The molecule has 0 bridgehead atoms. The SMILES string of the molecule is Nc1c(NCCCCCO)nc[nH]c1=O. The van der Waals surface area contributed by atoms with E-state index in [1.54, 1.807) is 0 Å². The van der Waals surface area contributed by atoms with Gasteiger partial charge in [0.25, 0.3) is 5.56 Å². The molecule has 6 heteroatoms. The van der Waals surface area contributed by atoms with Crippen LogP contribution in [0.2, 0.25) is 0 Å². The summed E-state index contributed by atoms with van der Waals surface area (Å²) in [4.78, 5) is 17.4. The van der Waals surface area contributed by atoms with E-state index >= 15 is 0 Å². The number of nitrogens with zero attached hydrogens (tertiary/aromatic N) is 1. The number of rotatable bonds is 6. The predicted molar refractivity (Wildman–Crippen MR) is 58.7 cm³/mol. The van der Waals surface area contributed by atoms with E-state index in [-0.39, 0.29) is 17.9 Å². The Balaban J connectivity index is 2.38. The van der Waals surface area contributed by atoms with Crippen LogP contribution in [0.1, 0.15) is 19.3 Å². The van der Waals surface area contributed by atoms with Gasteiger partial charge in [-0.25, -0.2) is 4.98 Å². The van der Waals surface area contributed by atoms with Crippen molar-refractivity contribution < 1.29 is 5.11 Å². The van der Waals surface area contributed by atoms with Crippen molar-refractivity contribution in [2.75, 3.05) is 24.2 Å². The summed E-state index contributed by atoms with van der Waals surface area (Å²) in [5.74, 6) is 0.419.